The molecule has 32 heavy (non-hydrogen) atoms. The largest absolute Gasteiger partial charge is 0.497 e. The standard InChI is InChI=1S/C21H17ClF3N5O2/c1-32-16-8-6-14(7-9-16)29-11-17-19(28-18(10-26-17)27-12-21(23,24)25)30(20(29)31)15-4-2-13(22)3-5-15/h2-10H,11-12H2,1H3,(H,27,28). The van der Waals surface area contributed by atoms with Gasteiger partial charge in [-0.05, 0) is 48.5 Å². The van der Waals surface area contributed by atoms with Crippen molar-refractivity contribution < 1.29 is 22.7 Å². The van der Waals surface area contributed by atoms with E-state index in [1.54, 1.807) is 55.6 Å². The van der Waals surface area contributed by atoms with Gasteiger partial charge in [0, 0.05) is 10.7 Å². The molecule has 4 rings (SSSR count). The summed E-state index contributed by atoms with van der Waals surface area (Å²) in [6.45, 7) is -1.18. The summed E-state index contributed by atoms with van der Waals surface area (Å²) in [5.74, 6) is 0.688. The maximum absolute atomic E-state index is 13.5. The predicted molar refractivity (Wildman–Crippen MR) is 115 cm³/mol. The maximum Gasteiger partial charge on any atom is 0.405 e. The van der Waals surface area contributed by atoms with Gasteiger partial charge < -0.3 is 10.1 Å². The number of nitrogens with one attached hydrogen (secondary N) is 1. The van der Waals surface area contributed by atoms with Gasteiger partial charge in [0.1, 0.15) is 23.8 Å². The number of amides is 2. The highest BCUT2D eigenvalue weighted by atomic mass is 35.5. The van der Waals surface area contributed by atoms with Crippen molar-refractivity contribution in [3.63, 3.8) is 0 Å². The molecule has 3 aromatic rings. The van der Waals surface area contributed by atoms with Gasteiger partial charge in [0.15, 0.2) is 5.82 Å². The van der Waals surface area contributed by atoms with Crippen LogP contribution in [0.4, 0.5) is 41.0 Å². The van der Waals surface area contributed by atoms with Crippen LogP contribution in [-0.4, -0.2) is 35.8 Å². The van der Waals surface area contributed by atoms with Crippen molar-refractivity contribution in [2.24, 2.45) is 0 Å². The number of hydrogen-bond donors (Lipinski definition) is 1. The number of ether oxygens (including phenoxy) is 1. The third-order valence-electron chi connectivity index (χ3n) is 4.71. The van der Waals surface area contributed by atoms with Crippen molar-refractivity contribution in [3.05, 3.63) is 65.4 Å². The molecular formula is C21H17ClF3N5O2. The van der Waals surface area contributed by atoms with E-state index in [-0.39, 0.29) is 18.2 Å². The summed E-state index contributed by atoms with van der Waals surface area (Å²) in [5.41, 5.74) is 1.47. The number of nitrogens with zero attached hydrogens (tertiary/aromatic N) is 4. The summed E-state index contributed by atoms with van der Waals surface area (Å²) >= 11 is 5.98. The van der Waals surface area contributed by atoms with E-state index >= 15 is 0 Å². The first-order valence-electron chi connectivity index (χ1n) is 9.43. The maximum atomic E-state index is 13.5. The molecule has 0 saturated heterocycles. The molecule has 1 aliphatic heterocycles. The molecule has 2 heterocycles. The fourth-order valence-electron chi connectivity index (χ4n) is 3.19. The van der Waals surface area contributed by atoms with E-state index in [0.29, 0.717) is 27.8 Å². The SMILES string of the molecule is COc1ccc(N2Cc3ncc(NCC(F)(F)F)nc3N(c3ccc(Cl)cc3)C2=O)cc1. The van der Waals surface area contributed by atoms with E-state index in [0.717, 1.165) is 0 Å². The van der Waals surface area contributed by atoms with Crippen LogP contribution in [0.3, 0.4) is 0 Å². The van der Waals surface area contributed by atoms with Crippen molar-refractivity contribution in [1.82, 2.24) is 9.97 Å². The molecule has 0 bridgehead atoms. The molecule has 0 saturated carbocycles. The summed E-state index contributed by atoms with van der Waals surface area (Å²) in [6.07, 6.45) is -3.21. The molecule has 1 aromatic heterocycles. The van der Waals surface area contributed by atoms with Gasteiger partial charge >= 0.3 is 12.2 Å². The van der Waals surface area contributed by atoms with Crippen molar-refractivity contribution >= 4 is 40.6 Å². The Bertz CT molecular complexity index is 1120. The minimum atomic E-state index is -4.42. The molecule has 0 fully saturated rings. The Morgan fingerprint density at radius 1 is 1.09 bits per heavy atom. The number of carbonyl (C=O) groups is 1. The van der Waals surface area contributed by atoms with E-state index in [9.17, 15) is 18.0 Å². The Kier molecular flexibility index (Phi) is 5.79. The Morgan fingerprint density at radius 2 is 1.75 bits per heavy atom. The number of alkyl halides is 3. The number of rotatable bonds is 5. The van der Waals surface area contributed by atoms with E-state index in [2.05, 4.69) is 15.3 Å². The molecule has 0 radical (unpaired) electrons. The van der Waals surface area contributed by atoms with E-state index in [1.807, 2.05) is 0 Å². The van der Waals surface area contributed by atoms with Gasteiger partial charge in [-0.1, -0.05) is 11.6 Å². The zero-order valence-electron chi connectivity index (χ0n) is 16.7. The summed E-state index contributed by atoms with van der Waals surface area (Å²) in [5, 5.41) is 2.67. The van der Waals surface area contributed by atoms with Crippen molar-refractivity contribution in [2.75, 3.05) is 28.8 Å². The number of benzene rings is 2. The lowest BCUT2D eigenvalue weighted by atomic mass is 10.2. The van der Waals surface area contributed by atoms with Gasteiger partial charge in [-0.15, -0.1) is 0 Å². The first kappa shape index (κ1) is 21.7. The highest BCUT2D eigenvalue weighted by Crippen LogP contribution is 2.36. The molecule has 0 unspecified atom stereocenters. The minimum absolute atomic E-state index is 0.0919. The molecule has 166 valence electrons. The monoisotopic (exact) mass is 463 g/mol. The molecule has 0 aliphatic carbocycles. The smallest absolute Gasteiger partial charge is 0.405 e. The highest BCUT2D eigenvalue weighted by Gasteiger charge is 2.35. The number of hydrogen-bond acceptors (Lipinski definition) is 5. The molecule has 1 N–H and O–H groups in total. The van der Waals surface area contributed by atoms with Gasteiger partial charge in [0.25, 0.3) is 0 Å². The molecule has 0 spiro atoms. The van der Waals surface area contributed by atoms with Gasteiger partial charge in [0.05, 0.1) is 25.5 Å². The second-order valence-electron chi connectivity index (χ2n) is 6.87. The Balaban J connectivity index is 1.75. The highest BCUT2D eigenvalue weighted by molar-refractivity contribution is 6.30. The average Bonchev–Trinajstić information content (AvgIpc) is 2.78. The van der Waals surface area contributed by atoms with Crippen LogP contribution in [0.15, 0.2) is 54.7 Å². The molecular weight excluding hydrogens is 447 g/mol. The molecule has 11 heteroatoms. The summed E-state index contributed by atoms with van der Waals surface area (Å²) in [7, 11) is 1.54. The predicted octanol–water partition coefficient (Wildman–Crippen LogP) is 5.39. The fourth-order valence-corrected chi connectivity index (χ4v) is 3.31. The van der Waals surface area contributed by atoms with Crippen molar-refractivity contribution in [2.45, 2.75) is 12.7 Å². The summed E-state index contributed by atoms with van der Waals surface area (Å²) in [4.78, 5) is 24.8. The number of halogens is 4. The molecule has 1 aliphatic rings. The lowest BCUT2D eigenvalue weighted by molar-refractivity contribution is -0.115. The number of urea groups is 1. The quantitative estimate of drug-likeness (QED) is 0.549. The van der Waals surface area contributed by atoms with Gasteiger partial charge in [-0.3, -0.25) is 9.88 Å². The lowest BCUT2D eigenvalue weighted by Crippen LogP contribution is -2.46. The Hall–Kier alpha value is -3.53. The normalized spacial score (nSPS) is 13.7. The minimum Gasteiger partial charge on any atom is -0.497 e. The Morgan fingerprint density at radius 3 is 2.38 bits per heavy atom. The van der Waals surface area contributed by atoms with Crippen LogP contribution >= 0.6 is 11.6 Å². The average molecular weight is 464 g/mol. The van der Waals surface area contributed by atoms with Gasteiger partial charge in [-0.2, -0.15) is 13.2 Å². The molecule has 2 aromatic carbocycles. The topological polar surface area (TPSA) is 70.6 Å². The Labute approximate surface area is 186 Å². The summed E-state index contributed by atoms with van der Waals surface area (Å²) < 4.78 is 43.0. The first-order chi connectivity index (χ1) is 15.2. The van der Waals surface area contributed by atoms with E-state index in [1.165, 1.54) is 16.0 Å². The van der Waals surface area contributed by atoms with Crippen LogP contribution in [0.2, 0.25) is 5.02 Å². The number of anilines is 4. The third-order valence-corrected chi connectivity index (χ3v) is 4.96. The number of carbonyl (C=O) groups excluding carboxylic acids is 1. The second-order valence-corrected chi connectivity index (χ2v) is 7.31. The lowest BCUT2D eigenvalue weighted by Gasteiger charge is -2.35. The fraction of sp³-hybridized carbons (Fsp3) is 0.190. The third kappa shape index (κ3) is 4.54. The molecule has 0 atom stereocenters. The van der Waals surface area contributed by atoms with Crippen molar-refractivity contribution in [3.8, 4) is 5.75 Å². The summed E-state index contributed by atoms with van der Waals surface area (Å²) in [6, 6.07) is 12.9. The van der Waals surface area contributed by atoms with Crippen LogP contribution in [-0.2, 0) is 6.54 Å². The first-order valence-corrected chi connectivity index (χ1v) is 9.81. The molecule has 7 nitrogen and oxygen atoms in total. The van der Waals surface area contributed by atoms with E-state index < -0.39 is 18.8 Å². The van der Waals surface area contributed by atoms with Gasteiger partial charge in [0.2, 0.25) is 0 Å². The van der Waals surface area contributed by atoms with Crippen LogP contribution in [0.25, 0.3) is 0 Å². The number of fused-ring (bicyclic) bond motifs is 1. The van der Waals surface area contributed by atoms with E-state index in [4.69, 9.17) is 16.3 Å². The van der Waals surface area contributed by atoms with Crippen molar-refractivity contribution in [1.29, 1.82) is 0 Å². The van der Waals surface area contributed by atoms with Crippen LogP contribution in [0.5, 0.6) is 5.75 Å². The second kappa shape index (κ2) is 8.54. The van der Waals surface area contributed by atoms with Crippen LogP contribution in [0, 0.1) is 0 Å². The van der Waals surface area contributed by atoms with Crippen LogP contribution in [0.1, 0.15) is 5.69 Å². The van der Waals surface area contributed by atoms with Gasteiger partial charge in [-0.25, -0.2) is 14.7 Å². The zero-order chi connectivity index (χ0) is 22.9. The number of aromatic nitrogens is 2. The molecule has 2 amide bonds. The van der Waals surface area contributed by atoms with Crippen LogP contribution < -0.4 is 19.9 Å². The zero-order valence-corrected chi connectivity index (χ0v) is 17.5. The number of methoxy groups -OCH3 is 1.